The third kappa shape index (κ3) is 1.41. The minimum absolute atomic E-state index is 0.251. The summed E-state index contributed by atoms with van der Waals surface area (Å²) < 4.78 is 15.0. The van der Waals surface area contributed by atoms with E-state index in [1.807, 2.05) is 19.9 Å². The van der Waals surface area contributed by atoms with Crippen molar-refractivity contribution in [3.63, 3.8) is 0 Å². The quantitative estimate of drug-likeness (QED) is 0.676. The molecule has 72 valence electrons. The van der Waals surface area contributed by atoms with Gasteiger partial charge in [-0.2, -0.15) is 5.10 Å². The van der Waals surface area contributed by atoms with Gasteiger partial charge in [-0.1, -0.05) is 12.1 Å². The highest BCUT2D eigenvalue weighted by molar-refractivity contribution is 5.34. The average molecular weight is 190 g/mol. The topological polar surface area (TPSA) is 17.8 Å². The van der Waals surface area contributed by atoms with Crippen molar-refractivity contribution in [2.45, 2.75) is 13.8 Å². The van der Waals surface area contributed by atoms with Crippen LogP contribution in [0.2, 0.25) is 0 Å². The lowest BCUT2D eigenvalue weighted by Gasteiger charge is -2.04. The zero-order valence-corrected chi connectivity index (χ0v) is 8.16. The van der Waals surface area contributed by atoms with Gasteiger partial charge in [-0.05, 0) is 32.0 Å². The summed E-state index contributed by atoms with van der Waals surface area (Å²) in [5.74, 6) is -0.251. The molecule has 0 amide bonds. The van der Waals surface area contributed by atoms with Crippen LogP contribution in [0.1, 0.15) is 11.4 Å². The lowest BCUT2D eigenvalue weighted by Crippen LogP contribution is -2.01. The van der Waals surface area contributed by atoms with Crippen molar-refractivity contribution < 1.29 is 4.39 Å². The summed E-state index contributed by atoms with van der Waals surface area (Å²) in [6.07, 6.45) is 0. The Morgan fingerprint density at radius 1 is 1.21 bits per heavy atom. The predicted octanol–water partition coefficient (Wildman–Crippen LogP) is 2.63. The maximum atomic E-state index is 13.4. The predicted molar refractivity (Wildman–Crippen MR) is 53.0 cm³/mol. The maximum absolute atomic E-state index is 13.4. The fourth-order valence-corrected chi connectivity index (χ4v) is 1.50. The van der Waals surface area contributed by atoms with Crippen LogP contribution < -0.4 is 0 Å². The van der Waals surface area contributed by atoms with Gasteiger partial charge in [0.1, 0.15) is 11.5 Å². The van der Waals surface area contributed by atoms with Gasteiger partial charge in [0.25, 0.3) is 0 Å². The summed E-state index contributed by atoms with van der Waals surface area (Å²) in [6.45, 7) is 3.80. The van der Waals surface area contributed by atoms with E-state index in [0.717, 1.165) is 11.4 Å². The molecule has 14 heavy (non-hydrogen) atoms. The summed E-state index contributed by atoms with van der Waals surface area (Å²) in [5.41, 5.74) is 2.33. The number of halogens is 1. The van der Waals surface area contributed by atoms with Crippen LogP contribution >= 0.6 is 0 Å². The Morgan fingerprint density at radius 3 is 2.50 bits per heavy atom. The molecule has 0 saturated heterocycles. The molecule has 0 bridgehead atoms. The van der Waals surface area contributed by atoms with Crippen LogP contribution in [0, 0.1) is 19.7 Å². The molecule has 0 unspecified atom stereocenters. The summed E-state index contributed by atoms with van der Waals surface area (Å²) >= 11 is 0. The van der Waals surface area contributed by atoms with Gasteiger partial charge in [0, 0.05) is 5.69 Å². The summed E-state index contributed by atoms with van der Waals surface area (Å²) in [4.78, 5) is 0. The number of benzene rings is 1. The fraction of sp³-hybridized carbons (Fsp3) is 0.182. The second-order valence-corrected chi connectivity index (χ2v) is 3.29. The lowest BCUT2D eigenvalue weighted by atomic mass is 10.3. The van der Waals surface area contributed by atoms with E-state index in [9.17, 15) is 4.39 Å². The third-order valence-electron chi connectivity index (χ3n) is 2.09. The van der Waals surface area contributed by atoms with Crippen LogP contribution in [0.25, 0.3) is 5.69 Å². The molecular formula is C11H11FN2. The Balaban J connectivity index is 2.60. The van der Waals surface area contributed by atoms with Gasteiger partial charge in [0.2, 0.25) is 0 Å². The van der Waals surface area contributed by atoms with Crippen molar-refractivity contribution in [3.05, 3.63) is 47.5 Å². The zero-order valence-electron chi connectivity index (χ0n) is 8.16. The molecule has 0 spiro atoms. The second-order valence-electron chi connectivity index (χ2n) is 3.29. The number of aromatic nitrogens is 2. The van der Waals surface area contributed by atoms with Crippen molar-refractivity contribution in [3.8, 4) is 5.69 Å². The van der Waals surface area contributed by atoms with E-state index in [2.05, 4.69) is 5.10 Å². The van der Waals surface area contributed by atoms with Crippen LogP contribution in [-0.4, -0.2) is 9.78 Å². The molecule has 0 N–H and O–H groups in total. The van der Waals surface area contributed by atoms with E-state index in [0.29, 0.717) is 5.69 Å². The van der Waals surface area contributed by atoms with Gasteiger partial charge in [-0.3, -0.25) is 0 Å². The molecule has 0 atom stereocenters. The number of hydrogen-bond acceptors (Lipinski definition) is 1. The minimum Gasteiger partial charge on any atom is -0.235 e. The van der Waals surface area contributed by atoms with Crippen LogP contribution in [0.5, 0.6) is 0 Å². The number of para-hydroxylation sites is 1. The largest absolute Gasteiger partial charge is 0.235 e. The highest BCUT2D eigenvalue weighted by atomic mass is 19.1. The van der Waals surface area contributed by atoms with Gasteiger partial charge in [0.05, 0.1) is 5.69 Å². The standard InChI is InChI=1S/C11H11FN2/c1-8-7-9(2)14(13-8)11-6-4-3-5-10(11)12/h3-7H,1-2H3. The van der Waals surface area contributed by atoms with E-state index in [-0.39, 0.29) is 5.82 Å². The normalized spacial score (nSPS) is 10.5. The Labute approximate surface area is 82.0 Å². The zero-order chi connectivity index (χ0) is 10.1. The van der Waals surface area contributed by atoms with Crippen molar-refractivity contribution in [2.75, 3.05) is 0 Å². The molecule has 1 aromatic carbocycles. The van der Waals surface area contributed by atoms with E-state index < -0.39 is 0 Å². The maximum Gasteiger partial charge on any atom is 0.148 e. The Hall–Kier alpha value is -1.64. The third-order valence-corrected chi connectivity index (χ3v) is 2.09. The number of aryl methyl sites for hydroxylation is 2. The molecule has 3 heteroatoms. The molecule has 2 nitrogen and oxygen atoms in total. The van der Waals surface area contributed by atoms with Gasteiger partial charge in [0.15, 0.2) is 0 Å². The van der Waals surface area contributed by atoms with Crippen LogP contribution in [0.15, 0.2) is 30.3 Å². The fourth-order valence-electron chi connectivity index (χ4n) is 1.50. The molecule has 0 fully saturated rings. The van der Waals surface area contributed by atoms with E-state index in [1.54, 1.807) is 22.9 Å². The molecule has 0 saturated carbocycles. The first kappa shape index (κ1) is 8.94. The number of nitrogens with zero attached hydrogens (tertiary/aromatic N) is 2. The SMILES string of the molecule is Cc1cc(C)n(-c2ccccc2F)n1. The van der Waals surface area contributed by atoms with Gasteiger partial charge >= 0.3 is 0 Å². The molecular weight excluding hydrogens is 179 g/mol. The monoisotopic (exact) mass is 190 g/mol. The molecule has 0 aliphatic carbocycles. The van der Waals surface area contributed by atoms with Crippen LogP contribution in [0.4, 0.5) is 4.39 Å². The van der Waals surface area contributed by atoms with Crippen molar-refractivity contribution in [2.24, 2.45) is 0 Å². The second kappa shape index (κ2) is 3.25. The molecule has 1 aromatic heterocycles. The first-order valence-corrected chi connectivity index (χ1v) is 4.46. The lowest BCUT2D eigenvalue weighted by molar-refractivity contribution is 0.608. The first-order chi connectivity index (χ1) is 6.68. The summed E-state index contributed by atoms with van der Waals surface area (Å²) in [5, 5.41) is 4.22. The molecule has 0 aliphatic rings. The van der Waals surface area contributed by atoms with Gasteiger partial charge in [-0.15, -0.1) is 0 Å². The number of rotatable bonds is 1. The van der Waals surface area contributed by atoms with Crippen molar-refractivity contribution in [1.29, 1.82) is 0 Å². The smallest absolute Gasteiger partial charge is 0.148 e. The molecule has 0 aliphatic heterocycles. The van der Waals surface area contributed by atoms with E-state index >= 15 is 0 Å². The number of hydrogen-bond donors (Lipinski definition) is 0. The highest BCUT2D eigenvalue weighted by Crippen LogP contribution is 2.14. The average Bonchev–Trinajstić information content (AvgIpc) is 2.46. The highest BCUT2D eigenvalue weighted by Gasteiger charge is 2.07. The van der Waals surface area contributed by atoms with Gasteiger partial charge in [-0.25, -0.2) is 9.07 Å². The van der Waals surface area contributed by atoms with Crippen LogP contribution in [0.3, 0.4) is 0 Å². The van der Waals surface area contributed by atoms with E-state index in [4.69, 9.17) is 0 Å². The first-order valence-electron chi connectivity index (χ1n) is 4.46. The summed E-state index contributed by atoms with van der Waals surface area (Å²) in [6, 6.07) is 8.55. The van der Waals surface area contributed by atoms with Crippen molar-refractivity contribution >= 4 is 0 Å². The molecule has 2 aromatic rings. The Morgan fingerprint density at radius 2 is 1.93 bits per heavy atom. The van der Waals surface area contributed by atoms with Crippen molar-refractivity contribution in [1.82, 2.24) is 9.78 Å². The molecule has 0 radical (unpaired) electrons. The Bertz CT molecular complexity index is 460. The molecule has 2 rings (SSSR count). The van der Waals surface area contributed by atoms with E-state index in [1.165, 1.54) is 6.07 Å². The molecule has 1 heterocycles. The Kier molecular flexibility index (Phi) is 2.08. The summed E-state index contributed by atoms with van der Waals surface area (Å²) in [7, 11) is 0. The van der Waals surface area contributed by atoms with Crippen LogP contribution in [-0.2, 0) is 0 Å². The van der Waals surface area contributed by atoms with Gasteiger partial charge < -0.3 is 0 Å². The minimum atomic E-state index is -0.251.